The molecule has 0 saturated heterocycles. The maximum absolute atomic E-state index is 6.11. The average Bonchev–Trinajstić information content (AvgIpc) is 2.47. The molecule has 0 bridgehead atoms. The second kappa shape index (κ2) is 5.71. The number of rotatable bonds is 4. The normalized spacial score (nSPS) is 14.2. The van der Waals surface area contributed by atoms with Gasteiger partial charge in [-0.1, -0.05) is 20.8 Å². The van der Waals surface area contributed by atoms with Crippen LogP contribution in [0.25, 0.3) is 0 Å². The van der Waals surface area contributed by atoms with E-state index in [9.17, 15) is 0 Å². The Bertz CT molecular complexity index is 304. The van der Waals surface area contributed by atoms with Crippen molar-refractivity contribution in [3.63, 3.8) is 0 Å². The van der Waals surface area contributed by atoms with E-state index in [-0.39, 0.29) is 6.04 Å². The van der Waals surface area contributed by atoms with Crippen LogP contribution in [0.1, 0.15) is 25.6 Å². The molecule has 0 aliphatic rings. The van der Waals surface area contributed by atoms with Crippen LogP contribution in [0.15, 0.2) is 15.9 Å². The monoisotopic (exact) mass is 307 g/mol. The number of hydrogen-bond acceptors (Lipinski definition) is 3. The Morgan fingerprint density at radius 2 is 2.20 bits per heavy atom. The van der Waals surface area contributed by atoms with Gasteiger partial charge in [-0.2, -0.15) is 11.8 Å². The van der Waals surface area contributed by atoms with E-state index >= 15 is 0 Å². The zero-order valence-corrected chi connectivity index (χ0v) is 12.6. The molecule has 1 rings (SSSR count). The Kier molecular flexibility index (Phi) is 5.16. The quantitative estimate of drug-likeness (QED) is 0.912. The van der Waals surface area contributed by atoms with Crippen molar-refractivity contribution in [2.24, 2.45) is 5.73 Å². The summed E-state index contributed by atoms with van der Waals surface area (Å²) < 4.78 is 1.51. The summed E-state index contributed by atoms with van der Waals surface area (Å²) in [7, 11) is 0. The molecule has 0 aliphatic heterocycles. The van der Waals surface area contributed by atoms with Crippen molar-refractivity contribution >= 4 is 39.0 Å². The van der Waals surface area contributed by atoms with Gasteiger partial charge in [0.2, 0.25) is 0 Å². The van der Waals surface area contributed by atoms with Crippen molar-refractivity contribution in [1.29, 1.82) is 0 Å². The van der Waals surface area contributed by atoms with Gasteiger partial charge >= 0.3 is 0 Å². The van der Waals surface area contributed by atoms with Crippen LogP contribution >= 0.6 is 39.0 Å². The summed E-state index contributed by atoms with van der Waals surface area (Å²) in [6, 6.07) is 2.34. The molecule has 1 unspecified atom stereocenters. The largest absolute Gasteiger partial charge is 0.327 e. The summed E-state index contributed by atoms with van der Waals surface area (Å²) in [5.74, 6) is 1.02. The van der Waals surface area contributed by atoms with Crippen LogP contribution in [0.2, 0.25) is 0 Å². The van der Waals surface area contributed by atoms with Gasteiger partial charge in [0.05, 0.1) is 0 Å². The molecule has 0 fully saturated rings. The Hall–Kier alpha value is 0.490. The number of nitrogens with two attached hydrogens (primary N) is 1. The molecule has 1 aromatic rings. The van der Waals surface area contributed by atoms with Gasteiger partial charge in [0.25, 0.3) is 0 Å². The van der Waals surface area contributed by atoms with E-state index in [2.05, 4.69) is 48.1 Å². The van der Waals surface area contributed by atoms with Crippen LogP contribution in [-0.4, -0.2) is 16.5 Å². The zero-order chi connectivity index (χ0) is 11.5. The minimum absolute atomic E-state index is 0.254. The predicted octanol–water partition coefficient (Wildman–Crippen LogP) is 3.91. The molecule has 15 heavy (non-hydrogen) atoms. The van der Waals surface area contributed by atoms with Gasteiger partial charge in [-0.05, 0) is 33.8 Å². The number of thiophene rings is 1. The summed E-state index contributed by atoms with van der Waals surface area (Å²) >= 11 is 7.24. The second-order valence-electron chi connectivity index (χ2n) is 4.58. The van der Waals surface area contributed by atoms with Crippen LogP contribution in [0.4, 0.5) is 0 Å². The molecule has 1 atom stereocenters. The lowest BCUT2D eigenvalue weighted by Crippen LogP contribution is -2.27. The van der Waals surface area contributed by atoms with Crippen LogP contribution < -0.4 is 5.73 Å². The molecule has 0 aromatic carbocycles. The van der Waals surface area contributed by atoms with Crippen molar-refractivity contribution in [3.8, 4) is 0 Å². The van der Waals surface area contributed by atoms with E-state index in [1.54, 1.807) is 11.3 Å². The SMILES string of the molecule is CC(C)(C)SCC(N)Cc1sccc1Br. The van der Waals surface area contributed by atoms with E-state index in [0.29, 0.717) is 4.75 Å². The number of halogens is 1. The van der Waals surface area contributed by atoms with Crippen LogP contribution in [0.5, 0.6) is 0 Å². The molecule has 0 spiro atoms. The molecule has 86 valence electrons. The lowest BCUT2D eigenvalue weighted by Gasteiger charge is -2.20. The third-order valence-corrected chi connectivity index (χ3v) is 5.28. The van der Waals surface area contributed by atoms with Gasteiger partial charge in [0.1, 0.15) is 0 Å². The summed E-state index contributed by atoms with van der Waals surface area (Å²) in [6.07, 6.45) is 0.974. The summed E-state index contributed by atoms with van der Waals surface area (Å²) in [5, 5.41) is 2.10. The van der Waals surface area contributed by atoms with Crippen molar-refractivity contribution in [3.05, 3.63) is 20.8 Å². The van der Waals surface area contributed by atoms with Crippen LogP contribution in [-0.2, 0) is 6.42 Å². The Morgan fingerprint density at radius 1 is 1.53 bits per heavy atom. The lowest BCUT2D eigenvalue weighted by atomic mass is 10.2. The first kappa shape index (κ1) is 13.6. The van der Waals surface area contributed by atoms with Crippen molar-refractivity contribution in [2.75, 3.05) is 5.75 Å². The fourth-order valence-electron chi connectivity index (χ4n) is 1.12. The highest BCUT2D eigenvalue weighted by Crippen LogP contribution is 2.27. The smallest absolute Gasteiger partial charge is 0.0314 e. The third kappa shape index (κ3) is 5.38. The first-order valence-corrected chi connectivity index (χ1v) is 7.66. The minimum Gasteiger partial charge on any atom is -0.327 e. The van der Waals surface area contributed by atoms with Gasteiger partial charge in [0.15, 0.2) is 0 Å². The second-order valence-corrected chi connectivity index (χ2v) is 8.28. The Morgan fingerprint density at radius 3 is 2.67 bits per heavy atom. The number of thioether (sulfide) groups is 1. The Labute approximate surface area is 109 Å². The minimum atomic E-state index is 0.254. The van der Waals surface area contributed by atoms with Crippen molar-refractivity contribution in [1.82, 2.24) is 0 Å². The topological polar surface area (TPSA) is 26.0 Å². The van der Waals surface area contributed by atoms with E-state index < -0.39 is 0 Å². The van der Waals surface area contributed by atoms with Gasteiger partial charge in [-0.15, -0.1) is 11.3 Å². The zero-order valence-electron chi connectivity index (χ0n) is 9.42. The molecule has 2 N–H and O–H groups in total. The van der Waals surface area contributed by atoms with E-state index in [1.165, 1.54) is 9.35 Å². The van der Waals surface area contributed by atoms with Gasteiger partial charge in [0, 0.05) is 25.9 Å². The predicted molar refractivity (Wildman–Crippen MR) is 75.9 cm³/mol. The standard InChI is InChI=1S/C11H18BrNS2/c1-11(2,3)15-7-8(13)6-10-9(12)4-5-14-10/h4-5,8H,6-7,13H2,1-3H3. The highest BCUT2D eigenvalue weighted by atomic mass is 79.9. The molecular formula is C11H18BrNS2. The molecule has 4 heteroatoms. The Balaban J connectivity index is 2.37. The summed E-state index contributed by atoms with van der Waals surface area (Å²) in [4.78, 5) is 1.36. The van der Waals surface area contributed by atoms with Crippen LogP contribution in [0, 0.1) is 0 Å². The van der Waals surface area contributed by atoms with Crippen molar-refractivity contribution < 1.29 is 0 Å². The molecule has 0 saturated carbocycles. The molecular weight excluding hydrogens is 290 g/mol. The summed E-state index contributed by atoms with van der Waals surface area (Å²) in [6.45, 7) is 6.68. The van der Waals surface area contributed by atoms with Crippen molar-refractivity contribution in [2.45, 2.75) is 38.0 Å². The number of hydrogen-bond donors (Lipinski definition) is 1. The summed E-state index contributed by atoms with van der Waals surface area (Å²) in [5.41, 5.74) is 6.11. The molecule has 0 amide bonds. The highest BCUT2D eigenvalue weighted by molar-refractivity contribution is 9.10. The first-order chi connectivity index (χ1) is 6.88. The average molecular weight is 308 g/mol. The maximum Gasteiger partial charge on any atom is 0.0314 e. The van der Waals surface area contributed by atoms with E-state index in [0.717, 1.165) is 12.2 Å². The highest BCUT2D eigenvalue weighted by Gasteiger charge is 2.14. The lowest BCUT2D eigenvalue weighted by molar-refractivity contribution is 0.739. The van der Waals surface area contributed by atoms with Gasteiger partial charge in [-0.3, -0.25) is 0 Å². The van der Waals surface area contributed by atoms with E-state index in [1.807, 2.05) is 11.8 Å². The molecule has 0 aliphatic carbocycles. The molecule has 1 heterocycles. The maximum atomic E-state index is 6.11. The first-order valence-electron chi connectivity index (χ1n) is 5.00. The van der Waals surface area contributed by atoms with E-state index in [4.69, 9.17) is 5.73 Å². The molecule has 1 nitrogen and oxygen atoms in total. The fraction of sp³-hybridized carbons (Fsp3) is 0.636. The van der Waals surface area contributed by atoms with Gasteiger partial charge < -0.3 is 5.73 Å². The fourth-order valence-corrected chi connectivity index (χ4v) is 3.57. The molecule has 0 radical (unpaired) electrons. The van der Waals surface area contributed by atoms with Gasteiger partial charge in [-0.25, -0.2) is 0 Å². The third-order valence-electron chi connectivity index (χ3n) is 1.87. The molecule has 1 aromatic heterocycles. The van der Waals surface area contributed by atoms with Crippen LogP contribution in [0.3, 0.4) is 0 Å².